The molecule has 0 atom stereocenters. The van der Waals surface area contributed by atoms with E-state index in [4.69, 9.17) is 0 Å². The smallest absolute Gasteiger partial charge is 0.243 e. The van der Waals surface area contributed by atoms with Crippen LogP contribution in [0.5, 0.6) is 0 Å². The molecule has 112 valence electrons. The molecule has 0 aliphatic carbocycles. The van der Waals surface area contributed by atoms with Crippen LogP contribution in [0.15, 0.2) is 18.7 Å². The quantitative estimate of drug-likeness (QED) is 0.450. The minimum absolute atomic E-state index is 0.127. The lowest BCUT2D eigenvalue weighted by Crippen LogP contribution is -2.33. The molecule has 0 aromatic carbocycles. The topological polar surface area (TPSA) is 66.0 Å². The van der Waals surface area contributed by atoms with Gasteiger partial charge < -0.3 is 4.55 Å². The highest BCUT2D eigenvalue weighted by Crippen LogP contribution is 1.93. The molecule has 0 N–H and O–H groups in total. The van der Waals surface area contributed by atoms with Gasteiger partial charge in [-0.3, -0.25) is 4.39 Å². The maximum atomic E-state index is 11.3. The number of aromatic nitrogens is 2. The molecule has 1 aromatic rings. The van der Waals surface area contributed by atoms with Crippen LogP contribution in [-0.2, 0) is 23.7 Å². The first-order valence-electron chi connectivity index (χ1n) is 6.25. The molecular weight excluding hydrogens is 271 g/mol. The number of imidazole rings is 1. The summed E-state index contributed by atoms with van der Waals surface area (Å²) in [6.07, 6.45) is 6.53. The van der Waals surface area contributed by atoms with Crippen molar-refractivity contribution < 1.29 is 21.9 Å². The van der Waals surface area contributed by atoms with Gasteiger partial charge in [-0.05, 0) is 18.8 Å². The predicted molar refractivity (Wildman–Crippen MR) is 70.2 cm³/mol. The molecule has 1 aromatic heterocycles. The molecule has 0 unspecified atom stereocenters. The number of alkyl halides is 1. The lowest BCUT2D eigenvalue weighted by Gasteiger charge is -2.03. The Labute approximate surface area is 114 Å². The summed E-state index contributed by atoms with van der Waals surface area (Å²) < 4.78 is 45.0. The Morgan fingerprint density at radius 2 is 2.00 bits per heavy atom. The van der Waals surface area contributed by atoms with Gasteiger partial charge in [-0.15, -0.1) is 0 Å². The number of aryl methyl sites for hydroxylation is 1. The molecule has 0 radical (unpaired) electrons. The maximum Gasteiger partial charge on any atom is 0.243 e. The zero-order valence-electron chi connectivity index (χ0n) is 11.8. The molecule has 0 saturated heterocycles. The Kier molecular flexibility index (Phi) is 8.58. The molecule has 0 aliphatic rings. The maximum absolute atomic E-state index is 11.3. The summed E-state index contributed by atoms with van der Waals surface area (Å²) in [4.78, 5) is 0. The molecular formula is C12H23FN2O3S. The van der Waals surface area contributed by atoms with Crippen molar-refractivity contribution in [2.75, 3.05) is 12.4 Å². The summed E-state index contributed by atoms with van der Waals surface area (Å²) in [6, 6.07) is 0. The molecule has 7 heteroatoms. The molecule has 19 heavy (non-hydrogen) atoms. The van der Waals surface area contributed by atoms with E-state index in [2.05, 4.69) is 41.7 Å². The van der Waals surface area contributed by atoms with Crippen molar-refractivity contribution in [3.8, 4) is 0 Å². The number of hydrogen-bond acceptors (Lipinski definition) is 3. The molecule has 0 saturated carbocycles. The Balaban J connectivity index is 0.000000344. The van der Waals surface area contributed by atoms with Crippen molar-refractivity contribution in [3.05, 3.63) is 18.7 Å². The first-order chi connectivity index (χ1) is 8.74. The third-order valence-corrected chi connectivity index (χ3v) is 2.97. The van der Waals surface area contributed by atoms with Crippen molar-refractivity contribution in [2.24, 2.45) is 13.0 Å². The second-order valence-electron chi connectivity index (χ2n) is 4.83. The minimum atomic E-state index is -4.11. The van der Waals surface area contributed by atoms with E-state index in [-0.39, 0.29) is 12.8 Å². The number of hydrogen-bond donors (Lipinski definition) is 0. The van der Waals surface area contributed by atoms with Crippen LogP contribution < -0.4 is 4.57 Å². The highest BCUT2D eigenvalue weighted by Gasteiger charge is 2.01. The lowest BCUT2D eigenvalue weighted by atomic mass is 10.2. The molecule has 5 nitrogen and oxygen atoms in total. The van der Waals surface area contributed by atoms with E-state index < -0.39 is 22.5 Å². The average Bonchev–Trinajstić information content (AvgIpc) is 2.62. The zero-order chi connectivity index (χ0) is 14.9. The van der Waals surface area contributed by atoms with Gasteiger partial charge in [-0.2, -0.15) is 0 Å². The van der Waals surface area contributed by atoms with Crippen LogP contribution in [0.3, 0.4) is 0 Å². The van der Waals surface area contributed by atoms with Gasteiger partial charge in [0.15, 0.2) is 0 Å². The second-order valence-corrected chi connectivity index (χ2v) is 6.35. The fourth-order valence-corrected chi connectivity index (χ4v) is 1.96. The summed E-state index contributed by atoms with van der Waals surface area (Å²) in [5.41, 5.74) is 0. The average molecular weight is 294 g/mol. The molecule has 1 rings (SSSR count). The molecule has 0 aliphatic heterocycles. The number of unbranched alkanes of at least 4 members (excludes halogenated alkanes) is 1. The normalized spacial score (nSPS) is 11.3. The van der Waals surface area contributed by atoms with E-state index in [0.29, 0.717) is 0 Å². The molecule has 0 fully saturated rings. The van der Waals surface area contributed by atoms with Gasteiger partial charge in [0.25, 0.3) is 0 Å². The second kappa shape index (κ2) is 9.03. The SMILES string of the molecule is CC(C)C[n+]1ccn(C)c1.O=S(=O)([O-])CCCCF. The Bertz CT molecular complexity index is 444. The highest BCUT2D eigenvalue weighted by atomic mass is 32.2. The first-order valence-corrected chi connectivity index (χ1v) is 7.83. The molecule has 0 spiro atoms. The Morgan fingerprint density at radius 3 is 2.37 bits per heavy atom. The number of rotatable bonds is 6. The van der Waals surface area contributed by atoms with Crippen LogP contribution in [0.2, 0.25) is 0 Å². The number of halogens is 1. The van der Waals surface area contributed by atoms with Crippen LogP contribution in [-0.4, -0.2) is 30.0 Å². The van der Waals surface area contributed by atoms with Gasteiger partial charge in [0.1, 0.15) is 12.4 Å². The standard InChI is InChI=1S/C8H15N2.C4H9FO3S/c1-8(2)6-10-5-4-9(3)7-10;5-3-1-2-4-9(6,7)8/h4-5,7-8H,6H2,1-3H3;1-4H2,(H,6,7,8)/q+1;/p-1. The Hall–Kier alpha value is -0.950. The van der Waals surface area contributed by atoms with Gasteiger partial charge in [-0.25, -0.2) is 17.6 Å². The van der Waals surface area contributed by atoms with Crippen LogP contribution in [0, 0.1) is 5.92 Å². The summed E-state index contributed by atoms with van der Waals surface area (Å²) in [5.74, 6) is 0.282. The predicted octanol–water partition coefficient (Wildman–Crippen LogP) is 1.25. The highest BCUT2D eigenvalue weighted by molar-refractivity contribution is 7.85. The van der Waals surface area contributed by atoms with Crippen LogP contribution >= 0.6 is 0 Å². The number of nitrogens with zero attached hydrogens (tertiary/aromatic N) is 2. The van der Waals surface area contributed by atoms with Crippen LogP contribution in [0.4, 0.5) is 4.39 Å². The van der Waals surface area contributed by atoms with Crippen molar-refractivity contribution in [3.63, 3.8) is 0 Å². The van der Waals surface area contributed by atoms with E-state index in [1.54, 1.807) is 0 Å². The van der Waals surface area contributed by atoms with Crippen LogP contribution in [0.1, 0.15) is 26.7 Å². The van der Waals surface area contributed by atoms with Gasteiger partial charge in [0, 0.05) is 5.75 Å². The van der Waals surface area contributed by atoms with E-state index in [9.17, 15) is 17.4 Å². The monoisotopic (exact) mass is 294 g/mol. The molecule has 0 amide bonds. The van der Waals surface area contributed by atoms with E-state index in [0.717, 1.165) is 12.5 Å². The van der Waals surface area contributed by atoms with Crippen molar-refractivity contribution in [1.29, 1.82) is 0 Å². The van der Waals surface area contributed by atoms with E-state index in [1.165, 1.54) is 0 Å². The first kappa shape index (κ1) is 18.0. The largest absolute Gasteiger partial charge is 0.748 e. The minimum Gasteiger partial charge on any atom is -0.748 e. The summed E-state index contributed by atoms with van der Waals surface area (Å²) in [6.45, 7) is 5.00. The van der Waals surface area contributed by atoms with Gasteiger partial charge >= 0.3 is 0 Å². The van der Waals surface area contributed by atoms with Gasteiger partial charge in [0.05, 0.1) is 30.4 Å². The lowest BCUT2D eigenvalue weighted by molar-refractivity contribution is -0.701. The van der Waals surface area contributed by atoms with Crippen molar-refractivity contribution in [1.82, 2.24) is 4.57 Å². The third-order valence-electron chi connectivity index (χ3n) is 2.18. The molecule has 1 heterocycles. The fraction of sp³-hybridized carbons (Fsp3) is 0.750. The summed E-state index contributed by atoms with van der Waals surface area (Å²) >= 11 is 0. The van der Waals surface area contributed by atoms with Gasteiger partial charge in [-0.1, -0.05) is 13.8 Å². The fourth-order valence-electron chi connectivity index (χ4n) is 1.40. The molecule has 0 bridgehead atoms. The van der Waals surface area contributed by atoms with E-state index >= 15 is 0 Å². The third kappa shape index (κ3) is 11.9. The summed E-state index contributed by atoms with van der Waals surface area (Å²) in [7, 11) is -2.07. The summed E-state index contributed by atoms with van der Waals surface area (Å²) in [5, 5.41) is 0. The van der Waals surface area contributed by atoms with Crippen molar-refractivity contribution >= 4 is 10.1 Å². The van der Waals surface area contributed by atoms with Crippen molar-refractivity contribution in [2.45, 2.75) is 33.2 Å². The Morgan fingerprint density at radius 1 is 1.37 bits per heavy atom. The van der Waals surface area contributed by atoms with E-state index in [1.807, 2.05) is 7.05 Å². The zero-order valence-corrected chi connectivity index (χ0v) is 12.6. The van der Waals surface area contributed by atoms with Crippen LogP contribution in [0.25, 0.3) is 0 Å². The van der Waals surface area contributed by atoms with Gasteiger partial charge in [0.2, 0.25) is 6.33 Å².